The predicted octanol–water partition coefficient (Wildman–Crippen LogP) is 1.87. The van der Waals surface area contributed by atoms with Crippen LogP contribution in [0.3, 0.4) is 0 Å². The number of ether oxygens (including phenoxy) is 3. The molecule has 0 aliphatic carbocycles. The van der Waals surface area contributed by atoms with Crippen LogP contribution in [0.25, 0.3) is 0 Å². The molecule has 3 heterocycles. The minimum absolute atomic E-state index is 0.263. The van der Waals surface area contributed by atoms with E-state index in [1.54, 1.807) is 6.92 Å². The van der Waals surface area contributed by atoms with Crippen molar-refractivity contribution in [3.05, 3.63) is 0 Å². The number of rotatable bonds is 5. The highest BCUT2D eigenvalue weighted by atomic mass is 35.5. The number of nitrogens with zero attached hydrogens (tertiary/aromatic N) is 1. The maximum atomic E-state index is 12.0. The number of hydrogen-bond acceptors (Lipinski definition) is 5. The van der Waals surface area contributed by atoms with E-state index in [9.17, 15) is 4.79 Å². The average Bonchev–Trinajstić information content (AvgIpc) is 2.32. The maximum Gasteiger partial charge on any atom is 0.365 e. The largest absolute Gasteiger partial charge is 0.448 e. The van der Waals surface area contributed by atoms with Crippen molar-refractivity contribution in [3.63, 3.8) is 0 Å². The Bertz CT molecular complexity index is 386. The fourth-order valence-electron chi connectivity index (χ4n) is 2.25. The maximum absolute atomic E-state index is 12.0. The molecule has 0 N–H and O–H groups in total. The van der Waals surface area contributed by atoms with E-state index in [0.717, 1.165) is 12.8 Å². The Labute approximate surface area is 111 Å². The van der Waals surface area contributed by atoms with E-state index in [2.05, 4.69) is 11.9 Å². The van der Waals surface area contributed by atoms with Crippen molar-refractivity contribution in [2.45, 2.75) is 50.5 Å². The summed E-state index contributed by atoms with van der Waals surface area (Å²) in [5.41, 5.74) is -2.31. The number of hydrogen-bond donors (Lipinski definition) is 0. The van der Waals surface area contributed by atoms with Gasteiger partial charge >= 0.3 is 5.97 Å². The summed E-state index contributed by atoms with van der Waals surface area (Å²) in [7, 11) is 1.42. The Morgan fingerprint density at radius 3 is 2.94 bits per heavy atom. The van der Waals surface area contributed by atoms with Crippen LogP contribution in [0.15, 0.2) is 4.99 Å². The number of carbonyl (C=O) groups excluding carboxylic acids is 1. The van der Waals surface area contributed by atoms with Gasteiger partial charge in [-0.1, -0.05) is 24.9 Å². The average molecular weight is 276 g/mol. The number of halogens is 1. The second kappa shape index (κ2) is 4.79. The molecule has 0 unspecified atom stereocenters. The van der Waals surface area contributed by atoms with E-state index in [1.807, 2.05) is 0 Å². The molecule has 0 aromatic carbocycles. The van der Waals surface area contributed by atoms with Crippen LogP contribution in [0.2, 0.25) is 0 Å². The second-order valence-electron chi connectivity index (χ2n) is 4.84. The van der Waals surface area contributed by atoms with Gasteiger partial charge in [-0.3, -0.25) is 0 Å². The Morgan fingerprint density at radius 2 is 2.33 bits per heavy atom. The van der Waals surface area contributed by atoms with Gasteiger partial charge in [0.2, 0.25) is 0 Å². The van der Waals surface area contributed by atoms with Gasteiger partial charge in [0.05, 0.1) is 0 Å². The molecule has 2 bridgehead atoms. The Morgan fingerprint density at radius 1 is 1.61 bits per heavy atom. The Hall–Kier alpha value is -0.650. The van der Waals surface area contributed by atoms with Crippen LogP contribution in [0, 0.1) is 0 Å². The van der Waals surface area contributed by atoms with Gasteiger partial charge in [0.1, 0.15) is 11.3 Å². The fraction of sp³-hybridized carbons (Fsp3) is 0.833. The van der Waals surface area contributed by atoms with Crippen molar-refractivity contribution in [2.24, 2.45) is 4.99 Å². The molecular weight excluding hydrogens is 258 g/mol. The van der Waals surface area contributed by atoms with Crippen LogP contribution in [0.1, 0.15) is 33.1 Å². The van der Waals surface area contributed by atoms with Gasteiger partial charge < -0.3 is 14.2 Å². The lowest BCUT2D eigenvalue weighted by Gasteiger charge is -2.49. The lowest BCUT2D eigenvalue weighted by atomic mass is 9.85. The summed E-state index contributed by atoms with van der Waals surface area (Å²) in [6, 6.07) is 0. The highest BCUT2D eigenvalue weighted by molar-refractivity contribution is 6.67. The Balaban J connectivity index is 2.25. The van der Waals surface area contributed by atoms with Crippen LogP contribution in [0.5, 0.6) is 0 Å². The third-order valence-electron chi connectivity index (χ3n) is 3.45. The van der Waals surface area contributed by atoms with Gasteiger partial charge in [0, 0.05) is 20.1 Å². The number of unbranched alkanes of at least 4 members (excludes halogenated alkanes) is 1. The molecule has 5 nitrogen and oxygen atoms in total. The summed E-state index contributed by atoms with van der Waals surface area (Å²) >= 11 is 6.05. The lowest BCUT2D eigenvalue weighted by molar-refractivity contribution is -0.226. The smallest absolute Gasteiger partial charge is 0.365 e. The highest BCUT2D eigenvalue weighted by Gasteiger charge is 2.63. The number of aliphatic imine (C=N–C) groups is 1. The number of carbonyl (C=O) groups is 1. The minimum atomic E-state index is -1.43. The van der Waals surface area contributed by atoms with E-state index < -0.39 is 23.4 Å². The number of esters is 1. The standard InChI is InChI=1S/C12H18ClNO4/c1-4-5-6-17-8-7-11(2)9(13)14-12(8,16-3)10(15)18-11/h8H,4-7H2,1-3H3/t8-,11-,12+/m0/s1. The van der Waals surface area contributed by atoms with Gasteiger partial charge in [-0.2, -0.15) is 0 Å². The first-order valence-corrected chi connectivity index (χ1v) is 6.52. The van der Waals surface area contributed by atoms with Crippen LogP contribution < -0.4 is 0 Å². The molecular formula is C12H18ClNO4. The van der Waals surface area contributed by atoms with Gasteiger partial charge in [0.25, 0.3) is 5.72 Å². The zero-order valence-corrected chi connectivity index (χ0v) is 11.6. The third-order valence-corrected chi connectivity index (χ3v) is 3.93. The molecule has 1 fully saturated rings. The van der Waals surface area contributed by atoms with Crippen LogP contribution >= 0.6 is 11.6 Å². The molecule has 0 spiro atoms. The molecule has 3 aliphatic heterocycles. The van der Waals surface area contributed by atoms with Crippen molar-refractivity contribution < 1.29 is 19.0 Å². The van der Waals surface area contributed by atoms with Crippen LogP contribution in [-0.4, -0.2) is 42.3 Å². The molecule has 18 heavy (non-hydrogen) atoms. The summed E-state index contributed by atoms with van der Waals surface area (Å²) in [5.74, 6) is -0.523. The van der Waals surface area contributed by atoms with Crippen LogP contribution in [-0.2, 0) is 19.0 Å². The molecule has 0 aromatic heterocycles. The molecule has 0 amide bonds. The summed E-state index contributed by atoms with van der Waals surface area (Å²) in [5, 5.41) is 0.263. The summed E-state index contributed by atoms with van der Waals surface area (Å²) in [6.45, 7) is 4.39. The van der Waals surface area contributed by atoms with E-state index in [-0.39, 0.29) is 5.17 Å². The zero-order chi connectivity index (χ0) is 13.4. The molecule has 102 valence electrons. The fourth-order valence-corrected chi connectivity index (χ4v) is 2.49. The van der Waals surface area contributed by atoms with E-state index in [0.29, 0.717) is 13.0 Å². The van der Waals surface area contributed by atoms with Gasteiger partial charge in [0.15, 0.2) is 5.60 Å². The molecule has 0 saturated carbocycles. The first-order valence-electron chi connectivity index (χ1n) is 6.14. The van der Waals surface area contributed by atoms with Gasteiger partial charge in [-0.05, 0) is 13.3 Å². The molecule has 0 aromatic rings. The van der Waals surface area contributed by atoms with E-state index in [1.165, 1.54) is 7.11 Å². The second-order valence-corrected chi connectivity index (χ2v) is 5.20. The van der Waals surface area contributed by atoms with E-state index >= 15 is 0 Å². The molecule has 0 radical (unpaired) electrons. The van der Waals surface area contributed by atoms with Crippen molar-refractivity contribution in [3.8, 4) is 0 Å². The van der Waals surface area contributed by atoms with Crippen molar-refractivity contribution in [1.29, 1.82) is 0 Å². The SMILES string of the molecule is CCCCO[C@H]1C[C@]2(C)OC(=O)[C@@]1(OC)N=C2Cl. The predicted molar refractivity (Wildman–Crippen MR) is 66.8 cm³/mol. The molecule has 3 atom stereocenters. The zero-order valence-electron chi connectivity index (χ0n) is 10.9. The molecule has 3 aliphatic rings. The van der Waals surface area contributed by atoms with Crippen molar-refractivity contribution >= 4 is 22.7 Å². The van der Waals surface area contributed by atoms with Crippen LogP contribution in [0.4, 0.5) is 0 Å². The Kier molecular flexibility index (Phi) is 3.67. The lowest BCUT2D eigenvalue weighted by Crippen LogP contribution is -2.67. The van der Waals surface area contributed by atoms with Gasteiger partial charge in [-0.15, -0.1) is 0 Å². The summed E-state index contributed by atoms with van der Waals surface area (Å²) in [4.78, 5) is 16.2. The monoisotopic (exact) mass is 275 g/mol. The third kappa shape index (κ3) is 1.94. The number of methoxy groups -OCH3 is 1. The number of fused-ring (bicyclic) bond motifs is 2. The topological polar surface area (TPSA) is 57.1 Å². The molecule has 6 heteroatoms. The minimum Gasteiger partial charge on any atom is -0.448 e. The summed E-state index contributed by atoms with van der Waals surface area (Å²) in [6.07, 6.45) is 1.99. The highest BCUT2D eigenvalue weighted by Crippen LogP contribution is 2.43. The van der Waals surface area contributed by atoms with Crippen molar-refractivity contribution in [1.82, 2.24) is 0 Å². The van der Waals surface area contributed by atoms with Crippen molar-refractivity contribution in [2.75, 3.05) is 13.7 Å². The first kappa shape index (κ1) is 13.8. The molecule has 1 saturated heterocycles. The van der Waals surface area contributed by atoms with E-state index in [4.69, 9.17) is 25.8 Å². The normalized spacial score (nSPS) is 38.6. The quantitative estimate of drug-likeness (QED) is 0.568. The summed E-state index contributed by atoms with van der Waals surface area (Å²) < 4.78 is 16.3. The molecule has 3 rings (SSSR count). The van der Waals surface area contributed by atoms with Gasteiger partial charge in [-0.25, -0.2) is 9.79 Å². The first-order chi connectivity index (χ1) is 8.48.